The summed E-state index contributed by atoms with van der Waals surface area (Å²) in [7, 11) is 0. The highest BCUT2D eigenvalue weighted by Crippen LogP contribution is 2.39. The van der Waals surface area contributed by atoms with Crippen LogP contribution in [0.25, 0.3) is 11.1 Å². The molecule has 2 aromatic rings. The molecular formula is C12H6N2O2S. The van der Waals surface area contributed by atoms with Crippen molar-refractivity contribution < 1.29 is 10.2 Å². The second-order valence-corrected chi connectivity index (χ2v) is 4.06. The summed E-state index contributed by atoms with van der Waals surface area (Å²) in [6.45, 7) is 0. The van der Waals surface area contributed by atoms with Crippen LogP contribution in [0, 0.1) is 22.7 Å². The van der Waals surface area contributed by atoms with Crippen LogP contribution >= 0.6 is 11.3 Å². The van der Waals surface area contributed by atoms with E-state index in [1.54, 1.807) is 11.4 Å². The van der Waals surface area contributed by atoms with Crippen molar-refractivity contribution in [2.75, 3.05) is 0 Å². The van der Waals surface area contributed by atoms with Gasteiger partial charge in [-0.2, -0.15) is 21.9 Å². The van der Waals surface area contributed by atoms with Crippen molar-refractivity contribution >= 4 is 11.3 Å². The van der Waals surface area contributed by atoms with E-state index in [0.717, 1.165) is 6.07 Å². The fourth-order valence-corrected chi connectivity index (χ4v) is 2.21. The lowest BCUT2D eigenvalue weighted by molar-refractivity contribution is 0.402. The fourth-order valence-electron chi connectivity index (χ4n) is 1.56. The third kappa shape index (κ3) is 1.69. The number of phenols is 2. The van der Waals surface area contributed by atoms with Gasteiger partial charge in [0.1, 0.15) is 11.6 Å². The summed E-state index contributed by atoms with van der Waals surface area (Å²) in [4.78, 5) is 0. The maximum absolute atomic E-state index is 9.62. The van der Waals surface area contributed by atoms with Gasteiger partial charge < -0.3 is 10.2 Å². The van der Waals surface area contributed by atoms with Gasteiger partial charge in [0, 0.05) is 11.6 Å². The first kappa shape index (κ1) is 11.0. The van der Waals surface area contributed by atoms with Gasteiger partial charge in [-0.05, 0) is 22.4 Å². The van der Waals surface area contributed by atoms with Crippen molar-refractivity contribution in [1.82, 2.24) is 0 Å². The lowest BCUT2D eigenvalue weighted by Crippen LogP contribution is -1.90. The van der Waals surface area contributed by atoms with Crippen molar-refractivity contribution in [2.24, 2.45) is 0 Å². The van der Waals surface area contributed by atoms with Gasteiger partial charge in [-0.1, -0.05) is 0 Å². The lowest BCUT2D eigenvalue weighted by atomic mass is 9.96. The molecule has 0 spiro atoms. The average molecular weight is 242 g/mol. The molecule has 0 radical (unpaired) electrons. The Labute approximate surface area is 101 Å². The van der Waals surface area contributed by atoms with Gasteiger partial charge in [-0.25, -0.2) is 0 Å². The minimum Gasteiger partial charge on any atom is -0.504 e. The van der Waals surface area contributed by atoms with E-state index in [1.807, 2.05) is 17.5 Å². The highest BCUT2D eigenvalue weighted by molar-refractivity contribution is 7.08. The zero-order chi connectivity index (χ0) is 12.4. The molecule has 17 heavy (non-hydrogen) atoms. The number of nitriles is 2. The Kier molecular flexibility index (Phi) is 2.70. The maximum atomic E-state index is 9.62. The first-order valence-corrected chi connectivity index (χ1v) is 5.55. The monoisotopic (exact) mass is 242 g/mol. The summed E-state index contributed by atoms with van der Waals surface area (Å²) in [6, 6.07) is 6.62. The molecule has 0 amide bonds. The standard InChI is InChI=1S/C12H6N2O2S/c13-4-8-3-10(15)12(16)9(5-14)11(8)7-1-2-17-6-7/h1-3,6,15-16H. The van der Waals surface area contributed by atoms with Crippen molar-refractivity contribution in [3.63, 3.8) is 0 Å². The summed E-state index contributed by atoms with van der Waals surface area (Å²) < 4.78 is 0. The molecule has 0 saturated carbocycles. The zero-order valence-electron chi connectivity index (χ0n) is 8.51. The molecular weight excluding hydrogens is 236 g/mol. The molecule has 1 heterocycles. The third-order valence-corrected chi connectivity index (χ3v) is 3.01. The maximum Gasteiger partial charge on any atom is 0.176 e. The Morgan fingerprint density at radius 1 is 1.18 bits per heavy atom. The second-order valence-electron chi connectivity index (χ2n) is 3.28. The van der Waals surface area contributed by atoms with Crippen LogP contribution in [0.4, 0.5) is 0 Å². The van der Waals surface area contributed by atoms with Gasteiger partial charge in [-0.3, -0.25) is 0 Å². The fraction of sp³-hybridized carbons (Fsp3) is 0. The molecule has 2 N–H and O–H groups in total. The molecule has 0 unspecified atom stereocenters. The van der Waals surface area contributed by atoms with Gasteiger partial charge in [0.05, 0.1) is 11.6 Å². The molecule has 0 aliphatic carbocycles. The second kappa shape index (κ2) is 4.17. The van der Waals surface area contributed by atoms with Gasteiger partial charge in [0.2, 0.25) is 0 Å². The molecule has 82 valence electrons. The molecule has 0 saturated heterocycles. The number of phenolic OH excluding ortho intramolecular Hbond substituents is 2. The molecule has 1 aromatic carbocycles. The van der Waals surface area contributed by atoms with E-state index in [0.29, 0.717) is 11.1 Å². The van der Waals surface area contributed by atoms with Crippen molar-refractivity contribution in [2.45, 2.75) is 0 Å². The van der Waals surface area contributed by atoms with Crippen LogP contribution in [0.3, 0.4) is 0 Å². The van der Waals surface area contributed by atoms with Gasteiger partial charge >= 0.3 is 0 Å². The molecule has 0 atom stereocenters. The lowest BCUT2D eigenvalue weighted by Gasteiger charge is -2.08. The van der Waals surface area contributed by atoms with E-state index in [-0.39, 0.29) is 11.1 Å². The summed E-state index contributed by atoms with van der Waals surface area (Å²) in [5, 5.41) is 40.6. The van der Waals surface area contributed by atoms with Crippen molar-refractivity contribution in [3.8, 4) is 34.8 Å². The van der Waals surface area contributed by atoms with Crippen LogP contribution < -0.4 is 0 Å². The first-order chi connectivity index (χ1) is 8.19. The number of thiophene rings is 1. The van der Waals surface area contributed by atoms with Crippen molar-refractivity contribution in [1.29, 1.82) is 10.5 Å². The normalized spacial score (nSPS) is 9.53. The molecule has 1 aromatic heterocycles. The molecule has 4 nitrogen and oxygen atoms in total. The Bertz CT molecular complexity index is 649. The zero-order valence-corrected chi connectivity index (χ0v) is 9.32. The topological polar surface area (TPSA) is 88.0 Å². The van der Waals surface area contributed by atoms with Crippen molar-refractivity contribution in [3.05, 3.63) is 34.0 Å². The van der Waals surface area contributed by atoms with Crippen LogP contribution in [-0.4, -0.2) is 10.2 Å². The molecule has 0 aliphatic rings. The molecule has 0 bridgehead atoms. The van der Waals surface area contributed by atoms with E-state index in [2.05, 4.69) is 0 Å². The SMILES string of the molecule is N#Cc1cc(O)c(O)c(C#N)c1-c1ccsc1. The minimum absolute atomic E-state index is 0.0834. The molecule has 0 fully saturated rings. The smallest absolute Gasteiger partial charge is 0.176 e. The number of benzene rings is 1. The predicted octanol–water partition coefficient (Wildman–Crippen LogP) is 2.57. The molecule has 5 heteroatoms. The number of hydrogen-bond acceptors (Lipinski definition) is 5. The third-order valence-electron chi connectivity index (χ3n) is 2.32. The van der Waals surface area contributed by atoms with Gasteiger partial charge in [0.25, 0.3) is 0 Å². The van der Waals surface area contributed by atoms with Gasteiger partial charge in [0.15, 0.2) is 11.5 Å². The highest BCUT2D eigenvalue weighted by Gasteiger charge is 2.18. The Balaban J connectivity index is 2.87. The van der Waals surface area contributed by atoms with Crippen LogP contribution in [-0.2, 0) is 0 Å². The Morgan fingerprint density at radius 2 is 1.94 bits per heavy atom. The quantitative estimate of drug-likeness (QED) is 0.752. The Morgan fingerprint density at radius 3 is 2.47 bits per heavy atom. The first-order valence-electron chi connectivity index (χ1n) is 4.60. The van der Waals surface area contributed by atoms with E-state index < -0.39 is 11.5 Å². The molecule has 0 aliphatic heterocycles. The van der Waals surface area contributed by atoms with E-state index in [4.69, 9.17) is 10.5 Å². The van der Waals surface area contributed by atoms with E-state index in [9.17, 15) is 10.2 Å². The van der Waals surface area contributed by atoms with Crippen LogP contribution in [0.2, 0.25) is 0 Å². The summed E-state index contributed by atoms with van der Waals surface area (Å²) in [5.74, 6) is -0.954. The summed E-state index contributed by atoms with van der Waals surface area (Å²) in [6.07, 6.45) is 0. The average Bonchev–Trinajstić information content (AvgIpc) is 2.85. The largest absolute Gasteiger partial charge is 0.504 e. The highest BCUT2D eigenvalue weighted by atomic mass is 32.1. The van der Waals surface area contributed by atoms with Crippen LogP contribution in [0.15, 0.2) is 22.9 Å². The van der Waals surface area contributed by atoms with Crippen LogP contribution in [0.1, 0.15) is 11.1 Å². The number of nitrogens with zero attached hydrogens (tertiary/aromatic N) is 2. The Hall–Kier alpha value is -2.50. The van der Waals surface area contributed by atoms with E-state index in [1.165, 1.54) is 11.3 Å². The molecule has 2 rings (SSSR count). The van der Waals surface area contributed by atoms with Gasteiger partial charge in [-0.15, -0.1) is 0 Å². The number of aromatic hydroxyl groups is 2. The van der Waals surface area contributed by atoms with Crippen LogP contribution in [0.5, 0.6) is 11.5 Å². The van der Waals surface area contributed by atoms with E-state index >= 15 is 0 Å². The number of hydrogen-bond donors (Lipinski definition) is 2. The summed E-state index contributed by atoms with van der Waals surface area (Å²) in [5.41, 5.74) is 1.11. The predicted molar refractivity (Wildman–Crippen MR) is 62.5 cm³/mol. The number of rotatable bonds is 1. The summed E-state index contributed by atoms with van der Waals surface area (Å²) >= 11 is 1.42. The minimum atomic E-state index is -0.493.